The van der Waals surface area contributed by atoms with Gasteiger partial charge in [0.1, 0.15) is 0 Å². The molecule has 2 rings (SSSR count). The van der Waals surface area contributed by atoms with Crippen LogP contribution in [-0.4, -0.2) is 28.0 Å². The van der Waals surface area contributed by atoms with Crippen molar-refractivity contribution in [3.8, 4) is 0 Å². The molecule has 2 aromatic rings. The van der Waals surface area contributed by atoms with Crippen LogP contribution in [0.5, 0.6) is 0 Å². The van der Waals surface area contributed by atoms with E-state index in [2.05, 4.69) is 22.3 Å². The number of rotatable bonds is 6. The number of carboxylic acids is 1. The maximum absolute atomic E-state index is 10.4. The van der Waals surface area contributed by atoms with Crippen LogP contribution >= 0.6 is 11.3 Å². The highest BCUT2D eigenvalue weighted by Crippen LogP contribution is 2.10. The van der Waals surface area contributed by atoms with Gasteiger partial charge in [0.2, 0.25) is 0 Å². The Balaban J connectivity index is 1.91. The summed E-state index contributed by atoms with van der Waals surface area (Å²) in [6.45, 7) is 1.66. The molecule has 0 unspecified atom stereocenters. The lowest BCUT2D eigenvalue weighted by Gasteiger charge is -2.15. The molecule has 0 aliphatic rings. The minimum atomic E-state index is -0.933. The number of hydrogen-bond acceptors (Lipinski definition) is 4. The first-order valence-corrected chi connectivity index (χ1v) is 7.13. The smallest absolute Gasteiger partial charge is 0.328 e. The zero-order chi connectivity index (χ0) is 14.4. The summed E-state index contributed by atoms with van der Waals surface area (Å²) >= 11 is 1.60. The monoisotopic (exact) mass is 288 g/mol. The van der Waals surface area contributed by atoms with Crippen LogP contribution in [0.3, 0.4) is 0 Å². The van der Waals surface area contributed by atoms with Gasteiger partial charge in [-0.15, -0.1) is 11.3 Å². The second-order valence-corrected chi connectivity index (χ2v) is 5.28. The second kappa shape index (κ2) is 6.98. The van der Waals surface area contributed by atoms with Crippen LogP contribution in [0.25, 0.3) is 6.08 Å². The van der Waals surface area contributed by atoms with Crippen LogP contribution in [-0.2, 0) is 17.9 Å². The molecular formula is C15H16N2O2S. The molecule has 1 N–H and O–H groups in total. The van der Waals surface area contributed by atoms with E-state index in [1.54, 1.807) is 17.4 Å². The zero-order valence-corrected chi connectivity index (χ0v) is 12.0. The first kappa shape index (κ1) is 14.4. The number of carbonyl (C=O) groups is 1. The van der Waals surface area contributed by atoms with Gasteiger partial charge in [0, 0.05) is 24.5 Å². The average Bonchev–Trinajstić information content (AvgIpc) is 2.90. The van der Waals surface area contributed by atoms with Gasteiger partial charge < -0.3 is 5.11 Å². The van der Waals surface area contributed by atoms with E-state index in [1.807, 2.05) is 29.8 Å². The number of benzene rings is 1. The van der Waals surface area contributed by atoms with E-state index in [9.17, 15) is 4.79 Å². The largest absolute Gasteiger partial charge is 0.478 e. The van der Waals surface area contributed by atoms with Gasteiger partial charge in [0.15, 0.2) is 0 Å². The van der Waals surface area contributed by atoms with Crippen molar-refractivity contribution in [3.63, 3.8) is 0 Å². The lowest BCUT2D eigenvalue weighted by atomic mass is 10.1. The van der Waals surface area contributed by atoms with Crippen LogP contribution in [0.2, 0.25) is 0 Å². The number of nitrogens with zero attached hydrogens (tertiary/aromatic N) is 2. The molecule has 104 valence electrons. The Kier molecular flexibility index (Phi) is 5.03. The van der Waals surface area contributed by atoms with Gasteiger partial charge in [0.25, 0.3) is 0 Å². The van der Waals surface area contributed by atoms with E-state index in [4.69, 9.17) is 5.11 Å². The molecule has 0 amide bonds. The van der Waals surface area contributed by atoms with Gasteiger partial charge in [-0.05, 0) is 24.3 Å². The molecule has 0 aliphatic heterocycles. The van der Waals surface area contributed by atoms with Crippen molar-refractivity contribution in [2.45, 2.75) is 13.1 Å². The van der Waals surface area contributed by atoms with E-state index in [1.165, 1.54) is 5.56 Å². The van der Waals surface area contributed by atoms with Crippen molar-refractivity contribution in [1.82, 2.24) is 9.88 Å². The Morgan fingerprint density at radius 1 is 1.35 bits per heavy atom. The normalized spacial score (nSPS) is 11.3. The van der Waals surface area contributed by atoms with Crippen LogP contribution < -0.4 is 0 Å². The van der Waals surface area contributed by atoms with Crippen molar-refractivity contribution in [2.75, 3.05) is 7.05 Å². The van der Waals surface area contributed by atoms with Crippen LogP contribution in [0, 0.1) is 0 Å². The van der Waals surface area contributed by atoms with Crippen LogP contribution in [0.15, 0.2) is 41.2 Å². The van der Waals surface area contributed by atoms with E-state index in [0.717, 1.165) is 30.4 Å². The number of aromatic nitrogens is 1. The summed E-state index contributed by atoms with van der Waals surface area (Å²) in [6, 6.07) is 7.87. The molecule has 1 aromatic heterocycles. The van der Waals surface area contributed by atoms with E-state index in [0.29, 0.717) is 0 Å². The standard InChI is InChI=1S/C15H16N2O2S/c1-17(9-14-10-20-11-16-14)8-13-4-2-12(3-5-13)6-7-15(18)19/h2-7,10-11H,8-9H2,1H3,(H,18,19). The molecule has 1 aromatic carbocycles. The molecule has 0 saturated heterocycles. The van der Waals surface area contributed by atoms with Gasteiger partial charge in [-0.25, -0.2) is 9.78 Å². The third kappa shape index (κ3) is 4.60. The van der Waals surface area contributed by atoms with Crippen molar-refractivity contribution in [1.29, 1.82) is 0 Å². The summed E-state index contributed by atoms with van der Waals surface area (Å²) < 4.78 is 0. The Morgan fingerprint density at radius 3 is 2.70 bits per heavy atom. The molecule has 0 radical (unpaired) electrons. The molecule has 5 heteroatoms. The minimum Gasteiger partial charge on any atom is -0.478 e. The topological polar surface area (TPSA) is 53.4 Å². The van der Waals surface area contributed by atoms with Gasteiger partial charge >= 0.3 is 5.97 Å². The molecule has 0 bridgehead atoms. The number of hydrogen-bond donors (Lipinski definition) is 1. The Hall–Kier alpha value is -1.98. The Bertz CT molecular complexity index is 576. The summed E-state index contributed by atoms with van der Waals surface area (Å²) in [5, 5.41) is 10.6. The number of carboxylic acid groups (broad SMARTS) is 1. The fourth-order valence-corrected chi connectivity index (χ4v) is 2.41. The van der Waals surface area contributed by atoms with Crippen molar-refractivity contribution < 1.29 is 9.90 Å². The molecule has 0 atom stereocenters. The third-order valence-corrected chi connectivity index (χ3v) is 3.40. The molecular weight excluding hydrogens is 272 g/mol. The summed E-state index contributed by atoms with van der Waals surface area (Å²) in [6.07, 6.45) is 2.73. The van der Waals surface area contributed by atoms with E-state index >= 15 is 0 Å². The number of aliphatic carboxylic acids is 1. The SMILES string of the molecule is CN(Cc1ccc(C=CC(=O)O)cc1)Cc1cscn1. The average molecular weight is 288 g/mol. The third-order valence-electron chi connectivity index (χ3n) is 2.77. The maximum Gasteiger partial charge on any atom is 0.328 e. The van der Waals surface area contributed by atoms with Gasteiger partial charge in [-0.2, -0.15) is 0 Å². The van der Waals surface area contributed by atoms with Gasteiger partial charge in [0.05, 0.1) is 11.2 Å². The molecule has 1 heterocycles. The highest BCUT2D eigenvalue weighted by Gasteiger charge is 2.03. The highest BCUT2D eigenvalue weighted by molar-refractivity contribution is 7.07. The Morgan fingerprint density at radius 2 is 2.10 bits per heavy atom. The highest BCUT2D eigenvalue weighted by atomic mass is 32.1. The Labute approximate surface area is 122 Å². The van der Waals surface area contributed by atoms with Crippen LogP contribution in [0.4, 0.5) is 0 Å². The predicted octanol–water partition coefficient (Wildman–Crippen LogP) is 2.87. The summed E-state index contributed by atoms with van der Waals surface area (Å²) in [5.41, 5.74) is 5.00. The molecule has 20 heavy (non-hydrogen) atoms. The first-order chi connectivity index (χ1) is 9.63. The molecule has 0 spiro atoms. The zero-order valence-electron chi connectivity index (χ0n) is 11.2. The maximum atomic E-state index is 10.4. The molecule has 0 aliphatic carbocycles. The van der Waals surface area contributed by atoms with E-state index in [-0.39, 0.29) is 0 Å². The predicted molar refractivity (Wildman–Crippen MR) is 80.4 cm³/mol. The van der Waals surface area contributed by atoms with E-state index < -0.39 is 5.97 Å². The van der Waals surface area contributed by atoms with Crippen molar-refractivity contribution in [3.05, 3.63) is 58.1 Å². The fourth-order valence-electron chi connectivity index (χ4n) is 1.86. The summed E-state index contributed by atoms with van der Waals surface area (Å²) in [4.78, 5) is 16.9. The second-order valence-electron chi connectivity index (χ2n) is 4.57. The van der Waals surface area contributed by atoms with Crippen molar-refractivity contribution in [2.24, 2.45) is 0 Å². The molecule has 4 nitrogen and oxygen atoms in total. The summed E-state index contributed by atoms with van der Waals surface area (Å²) in [7, 11) is 2.05. The summed E-state index contributed by atoms with van der Waals surface area (Å²) in [5.74, 6) is -0.933. The first-order valence-electron chi connectivity index (χ1n) is 6.19. The van der Waals surface area contributed by atoms with Crippen LogP contribution in [0.1, 0.15) is 16.8 Å². The lowest BCUT2D eigenvalue weighted by molar-refractivity contribution is -0.131. The van der Waals surface area contributed by atoms with Gasteiger partial charge in [-0.3, -0.25) is 4.90 Å². The molecule has 0 fully saturated rings. The minimum absolute atomic E-state index is 0.824. The number of thiazole rings is 1. The quantitative estimate of drug-likeness (QED) is 0.830. The van der Waals surface area contributed by atoms with Gasteiger partial charge in [-0.1, -0.05) is 24.3 Å². The molecule has 0 saturated carbocycles. The van der Waals surface area contributed by atoms with Crippen molar-refractivity contribution >= 4 is 23.4 Å². The fraction of sp³-hybridized carbons (Fsp3) is 0.200. The lowest BCUT2D eigenvalue weighted by Crippen LogP contribution is -2.17.